The molecule has 0 bridgehead atoms. The van der Waals surface area contributed by atoms with Crippen LogP contribution in [0.25, 0.3) is 0 Å². The SMILES string of the molecule is CC(C)CNCc1ccc(OCCOCC(C)C)nc1. The van der Waals surface area contributed by atoms with Crippen molar-refractivity contribution < 1.29 is 9.47 Å². The lowest BCUT2D eigenvalue weighted by Crippen LogP contribution is -2.19. The van der Waals surface area contributed by atoms with Crippen LogP contribution >= 0.6 is 0 Å². The van der Waals surface area contributed by atoms with E-state index in [2.05, 4.69) is 38.0 Å². The van der Waals surface area contributed by atoms with Gasteiger partial charge in [0, 0.05) is 25.4 Å². The van der Waals surface area contributed by atoms with Crippen molar-refractivity contribution in [2.24, 2.45) is 11.8 Å². The van der Waals surface area contributed by atoms with Crippen molar-refractivity contribution in [1.82, 2.24) is 10.3 Å². The van der Waals surface area contributed by atoms with Gasteiger partial charge in [0.2, 0.25) is 5.88 Å². The fraction of sp³-hybridized carbons (Fsp3) is 0.688. The lowest BCUT2D eigenvalue weighted by Gasteiger charge is -2.09. The molecule has 1 N–H and O–H groups in total. The van der Waals surface area contributed by atoms with Gasteiger partial charge in [-0.1, -0.05) is 33.8 Å². The Morgan fingerprint density at radius 3 is 2.50 bits per heavy atom. The van der Waals surface area contributed by atoms with Crippen molar-refractivity contribution in [2.45, 2.75) is 34.2 Å². The van der Waals surface area contributed by atoms with Crippen LogP contribution in [0, 0.1) is 11.8 Å². The van der Waals surface area contributed by atoms with E-state index in [0.29, 0.717) is 30.9 Å². The summed E-state index contributed by atoms with van der Waals surface area (Å²) >= 11 is 0. The maximum Gasteiger partial charge on any atom is 0.213 e. The summed E-state index contributed by atoms with van der Waals surface area (Å²) < 4.78 is 11.0. The Kier molecular flexibility index (Phi) is 8.23. The molecular formula is C16H28N2O2. The molecule has 0 aliphatic heterocycles. The van der Waals surface area contributed by atoms with Gasteiger partial charge >= 0.3 is 0 Å². The monoisotopic (exact) mass is 280 g/mol. The summed E-state index contributed by atoms with van der Waals surface area (Å²) in [7, 11) is 0. The Hall–Kier alpha value is -1.13. The van der Waals surface area contributed by atoms with Crippen molar-refractivity contribution >= 4 is 0 Å². The van der Waals surface area contributed by atoms with Crippen molar-refractivity contribution in [1.29, 1.82) is 0 Å². The van der Waals surface area contributed by atoms with Gasteiger partial charge in [0.25, 0.3) is 0 Å². The molecule has 0 amide bonds. The standard InChI is InChI=1S/C16H28N2O2/c1-13(2)9-17-10-15-5-6-16(18-11-15)20-8-7-19-12-14(3)4/h5-6,11,13-14,17H,7-10,12H2,1-4H3. The third-order valence-corrected chi connectivity index (χ3v) is 2.61. The molecule has 0 saturated heterocycles. The van der Waals surface area contributed by atoms with Gasteiger partial charge in [0.05, 0.1) is 6.61 Å². The average molecular weight is 280 g/mol. The summed E-state index contributed by atoms with van der Waals surface area (Å²) in [6.45, 7) is 12.5. The highest BCUT2D eigenvalue weighted by molar-refractivity contribution is 5.17. The second kappa shape index (κ2) is 9.72. The second-order valence-electron chi connectivity index (χ2n) is 5.85. The Morgan fingerprint density at radius 1 is 1.10 bits per heavy atom. The number of rotatable bonds is 10. The largest absolute Gasteiger partial charge is 0.475 e. The van der Waals surface area contributed by atoms with Crippen LogP contribution in [0.3, 0.4) is 0 Å². The van der Waals surface area contributed by atoms with E-state index in [0.717, 1.165) is 19.7 Å². The summed E-state index contributed by atoms with van der Waals surface area (Å²) in [6.07, 6.45) is 1.86. The molecule has 1 aromatic heterocycles. The van der Waals surface area contributed by atoms with Crippen LogP contribution in [-0.2, 0) is 11.3 Å². The molecule has 20 heavy (non-hydrogen) atoms. The molecule has 0 fully saturated rings. The Bertz CT molecular complexity index is 350. The number of hydrogen-bond acceptors (Lipinski definition) is 4. The smallest absolute Gasteiger partial charge is 0.213 e. The van der Waals surface area contributed by atoms with Gasteiger partial charge in [0.15, 0.2) is 0 Å². The highest BCUT2D eigenvalue weighted by Crippen LogP contribution is 2.07. The molecule has 0 unspecified atom stereocenters. The molecule has 4 nitrogen and oxygen atoms in total. The highest BCUT2D eigenvalue weighted by atomic mass is 16.5. The molecule has 0 aromatic carbocycles. The third kappa shape index (κ3) is 8.12. The number of hydrogen-bond donors (Lipinski definition) is 1. The Labute approximate surface area is 122 Å². The van der Waals surface area contributed by atoms with E-state index in [1.165, 1.54) is 5.56 Å². The van der Waals surface area contributed by atoms with Crippen molar-refractivity contribution in [2.75, 3.05) is 26.4 Å². The van der Waals surface area contributed by atoms with Gasteiger partial charge in [-0.05, 0) is 23.9 Å². The van der Waals surface area contributed by atoms with Crippen molar-refractivity contribution in [3.05, 3.63) is 23.9 Å². The predicted octanol–water partition coefficient (Wildman–Crippen LogP) is 2.88. The molecule has 114 valence electrons. The van der Waals surface area contributed by atoms with Crippen LogP contribution < -0.4 is 10.1 Å². The normalized spacial score (nSPS) is 11.3. The minimum absolute atomic E-state index is 0.546. The molecular weight excluding hydrogens is 252 g/mol. The topological polar surface area (TPSA) is 43.4 Å². The lowest BCUT2D eigenvalue weighted by atomic mass is 10.2. The van der Waals surface area contributed by atoms with Gasteiger partial charge in [0.1, 0.15) is 6.61 Å². The number of aromatic nitrogens is 1. The molecule has 0 saturated carbocycles. The van der Waals surface area contributed by atoms with E-state index in [9.17, 15) is 0 Å². The van der Waals surface area contributed by atoms with Gasteiger partial charge in [-0.15, -0.1) is 0 Å². The van der Waals surface area contributed by atoms with Gasteiger partial charge < -0.3 is 14.8 Å². The van der Waals surface area contributed by atoms with Gasteiger partial charge in [-0.25, -0.2) is 4.98 Å². The van der Waals surface area contributed by atoms with Crippen LogP contribution in [-0.4, -0.2) is 31.3 Å². The number of nitrogens with one attached hydrogen (secondary N) is 1. The molecule has 1 rings (SSSR count). The first-order valence-electron chi connectivity index (χ1n) is 7.44. The van der Waals surface area contributed by atoms with Crippen LogP contribution in [0.4, 0.5) is 0 Å². The minimum Gasteiger partial charge on any atom is -0.475 e. The Balaban J connectivity index is 2.18. The summed E-state index contributed by atoms with van der Waals surface area (Å²) in [5, 5.41) is 3.39. The maximum absolute atomic E-state index is 5.53. The quantitative estimate of drug-likeness (QED) is 0.669. The van der Waals surface area contributed by atoms with Crippen LogP contribution in [0.1, 0.15) is 33.3 Å². The summed E-state index contributed by atoms with van der Waals surface area (Å²) in [6, 6.07) is 3.96. The molecule has 0 atom stereocenters. The molecule has 1 aromatic rings. The fourth-order valence-corrected chi connectivity index (χ4v) is 1.63. The van der Waals surface area contributed by atoms with Crippen LogP contribution in [0.15, 0.2) is 18.3 Å². The fourth-order valence-electron chi connectivity index (χ4n) is 1.63. The van der Waals surface area contributed by atoms with E-state index < -0.39 is 0 Å². The zero-order valence-corrected chi connectivity index (χ0v) is 13.2. The zero-order chi connectivity index (χ0) is 14.8. The zero-order valence-electron chi connectivity index (χ0n) is 13.2. The lowest BCUT2D eigenvalue weighted by molar-refractivity contribution is 0.0806. The van der Waals surface area contributed by atoms with Crippen molar-refractivity contribution in [3.63, 3.8) is 0 Å². The van der Waals surface area contributed by atoms with E-state index in [-0.39, 0.29) is 0 Å². The minimum atomic E-state index is 0.546. The average Bonchev–Trinajstić information content (AvgIpc) is 2.39. The van der Waals surface area contributed by atoms with Crippen LogP contribution in [0.2, 0.25) is 0 Å². The Morgan fingerprint density at radius 2 is 1.90 bits per heavy atom. The maximum atomic E-state index is 5.53. The van der Waals surface area contributed by atoms with E-state index in [1.807, 2.05) is 18.3 Å². The number of nitrogens with zero attached hydrogens (tertiary/aromatic N) is 1. The van der Waals surface area contributed by atoms with Gasteiger partial charge in [-0.2, -0.15) is 0 Å². The molecule has 0 radical (unpaired) electrons. The third-order valence-electron chi connectivity index (χ3n) is 2.61. The first-order chi connectivity index (χ1) is 9.58. The summed E-state index contributed by atoms with van der Waals surface area (Å²) in [5.74, 6) is 1.88. The summed E-state index contributed by atoms with van der Waals surface area (Å²) in [4.78, 5) is 4.29. The van der Waals surface area contributed by atoms with E-state index >= 15 is 0 Å². The predicted molar refractivity (Wildman–Crippen MR) is 81.9 cm³/mol. The molecule has 4 heteroatoms. The van der Waals surface area contributed by atoms with Crippen molar-refractivity contribution in [3.8, 4) is 5.88 Å². The first-order valence-corrected chi connectivity index (χ1v) is 7.44. The number of ether oxygens (including phenoxy) is 2. The second-order valence-corrected chi connectivity index (χ2v) is 5.85. The van der Waals surface area contributed by atoms with E-state index in [4.69, 9.17) is 9.47 Å². The highest BCUT2D eigenvalue weighted by Gasteiger charge is 1.99. The molecule has 0 aliphatic rings. The molecule has 1 heterocycles. The van der Waals surface area contributed by atoms with Crippen LogP contribution in [0.5, 0.6) is 5.88 Å². The number of pyridine rings is 1. The molecule has 0 aliphatic carbocycles. The van der Waals surface area contributed by atoms with Gasteiger partial charge in [-0.3, -0.25) is 0 Å². The first kappa shape index (κ1) is 16.9. The summed E-state index contributed by atoms with van der Waals surface area (Å²) in [5.41, 5.74) is 1.18. The molecule has 0 spiro atoms. The van der Waals surface area contributed by atoms with E-state index in [1.54, 1.807) is 0 Å².